The van der Waals surface area contributed by atoms with Crippen LogP contribution in [-0.4, -0.2) is 8.42 Å². The van der Waals surface area contributed by atoms with Gasteiger partial charge in [-0.15, -0.1) is 0 Å². The first kappa shape index (κ1) is 17.8. The molecular formula is C14H12BrF3N2O2S. The van der Waals surface area contributed by atoms with Gasteiger partial charge in [0.2, 0.25) is 10.0 Å². The van der Waals surface area contributed by atoms with Crippen LogP contribution in [0.15, 0.2) is 51.8 Å². The zero-order valence-electron chi connectivity index (χ0n) is 11.6. The minimum absolute atomic E-state index is 0.143. The molecule has 3 N–H and O–H groups in total. The average molecular weight is 409 g/mol. The van der Waals surface area contributed by atoms with Crippen LogP contribution in [0.2, 0.25) is 0 Å². The van der Waals surface area contributed by atoms with Crippen LogP contribution in [0.4, 0.5) is 18.9 Å². The number of sulfonamides is 1. The van der Waals surface area contributed by atoms with Gasteiger partial charge < -0.3 is 5.32 Å². The Morgan fingerprint density at radius 3 is 2.39 bits per heavy atom. The summed E-state index contributed by atoms with van der Waals surface area (Å²) in [6.45, 7) is 0.283. The highest BCUT2D eigenvalue weighted by atomic mass is 79.9. The van der Waals surface area contributed by atoms with E-state index < -0.39 is 26.7 Å². The normalized spacial score (nSPS) is 12.2. The molecule has 9 heteroatoms. The lowest BCUT2D eigenvalue weighted by Gasteiger charge is -2.14. The molecule has 0 heterocycles. The van der Waals surface area contributed by atoms with Crippen LogP contribution in [0, 0.1) is 0 Å². The molecule has 0 unspecified atom stereocenters. The van der Waals surface area contributed by atoms with Crippen molar-refractivity contribution in [2.75, 3.05) is 5.32 Å². The molecule has 2 aromatic rings. The molecule has 0 aromatic heterocycles. The molecule has 2 aromatic carbocycles. The Morgan fingerprint density at radius 1 is 1.13 bits per heavy atom. The van der Waals surface area contributed by atoms with E-state index in [1.54, 1.807) is 12.1 Å². The Morgan fingerprint density at radius 2 is 1.83 bits per heavy atom. The van der Waals surface area contributed by atoms with Gasteiger partial charge in [0.25, 0.3) is 0 Å². The van der Waals surface area contributed by atoms with Gasteiger partial charge in [-0.2, -0.15) is 13.2 Å². The fourth-order valence-corrected chi connectivity index (χ4v) is 3.15. The molecular weight excluding hydrogens is 397 g/mol. The van der Waals surface area contributed by atoms with Gasteiger partial charge in [-0.3, -0.25) is 0 Å². The Bertz CT molecular complexity index is 823. The Hall–Kier alpha value is -1.58. The number of hydrogen-bond acceptors (Lipinski definition) is 3. The number of halogens is 4. The number of anilines is 1. The lowest BCUT2D eigenvalue weighted by molar-refractivity contribution is -0.139. The van der Waals surface area contributed by atoms with Gasteiger partial charge in [-0.05, 0) is 35.9 Å². The average Bonchev–Trinajstić information content (AvgIpc) is 2.43. The molecule has 23 heavy (non-hydrogen) atoms. The first-order valence-corrected chi connectivity index (χ1v) is 8.63. The van der Waals surface area contributed by atoms with E-state index in [2.05, 4.69) is 21.2 Å². The standard InChI is InChI=1S/C14H12BrF3N2O2S/c15-10-3-1-2-9(6-10)8-20-11-4-5-13(23(19,21)22)12(7-11)14(16,17)18/h1-7,20H,8H2,(H2,19,21,22). The fourth-order valence-electron chi connectivity index (χ4n) is 1.96. The maximum absolute atomic E-state index is 13.0. The number of hydrogen-bond donors (Lipinski definition) is 2. The van der Waals surface area contributed by atoms with E-state index in [1.165, 1.54) is 6.07 Å². The van der Waals surface area contributed by atoms with Crippen LogP contribution in [-0.2, 0) is 22.7 Å². The van der Waals surface area contributed by atoms with Crippen molar-refractivity contribution in [3.05, 3.63) is 58.1 Å². The second-order valence-electron chi connectivity index (χ2n) is 4.74. The number of nitrogens with one attached hydrogen (secondary N) is 1. The first-order chi connectivity index (χ1) is 10.6. The van der Waals surface area contributed by atoms with Crippen LogP contribution in [0.3, 0.4) is 0 Å². The van der Waals surface area contributed by atoms with Crippen molar-refractivity contribution in [2.45, 2.75) is 17.6 Å². The van der Waals surface area contributed by atoms with Gasteiger partial charge >= 0.3 is 6.18 Å². The van der Waals surface area contributed by atoms with Gasteiger partial charge in [0.15, 0.2) is 0 Å². The minimum Gasteiger partial charge on any atom is -0.381 e. The molecule has 0 amide bonds. The van der Waals surface area contributed by atoms with E-state index in [0.717, 1.165) is 22.2 Å². The predicted molar refractivity (Wildman–Crippen MR) is 84.3 cm³/mol. The van der Waals surface area contributed by atoms with Crippen molar-refractivity contribution in [1.29, 1.82) is 0 Å². The number of rotatable bonds is 4. The highest BCUT2D eigenvalue weighted by molar-refractivity contribution is 9.10. The largest absolute Gasteiger partial charge is 0.417 e. The molecule has 0 saturated heterocycles. The summed E-state index contributed by atoms with van der Waals surface area (Å²) in [5.74, 6) is 0. The number of alkyl halides is 3. The third-order valence-corrected chi connectivity index (χ3v) is 4.44. The van der Waals surface area contributed by atoms with E-state index in [4.69, 9.17) is 5.14 Å². The second kappa shape index (κ2) is 6.50. The van der Waals surface area contributed by atoms with Crippen molar-refractivity contribution in [2.24, 2.45) is 5.14 Å². The highest BCUT2D eigenvalue weighted by Crippen LogP contribution is 2.35. The molecule has 2 rings (SSSR count). The molecule has 0 aliphatic rings. The van der Waals surface area contributed by atoms with Crippen molar-refractivity contribution >= 4 is 31.6 Å². The van der Waals surface area contributed by atoms with Crippen molar-refractivity contribution in [3.63, 3.8) is 0 Å². The zero-order valence-corrected chi connectivity index (χ0v) is 14.0. The maximum atomic E-state index is 13.0. The van der Waals surface area contributed by atoms with E-state index in [1.807, 2.05) is 12.1 Å². The summed E-state index contributed by atoms with van der Waals surface area (Å²) in [7, 11) is -4.46. The number of primary sulfonamides is 1. The third kappa shape index (κ3) is 4.69. The van der Waals surface area contributed by atoms with E-state index >= 15 is 0 Å². The molecule has 124 valence electrons. The molecule has 0 saturated carbocycles. The van der Waals surface area contributed by atoms with Gasteiger partial charge in [-0.25, -0.2) is 13.6 Å². The lowest BCUT2D eigenvalue weighted by Crippen LogP contribution is -2.19. The molecule has 0 spiro atoms. The molecule has 0 aliphatic heterocycles. The van der Waals surface area contributed by atoms with Crippen molar-refractivity contribution in [1.82, 2.24) is 0 Å². The van der Waals surface area contributed by atoms with Crippen LogP contribution in [0.5, 0.6) is 0 Å². The Balaban J connectivity index is 2.31. The Kier molecular flexibility index (Phi) is 5.02. The van der Waals surface area contributed by atoms with Crippen LogP contribution >= 0.6 is 15.9 Å². The third-order valence-electron chi connectivity index (χ3n) is 2.98. The van der Waals surface area contributed by atoms with Crippen molar-refractivity contribution < 1.29 is 21.6 Å². The topological polar surface area (TPSA) is 72.2 Å². The zero-order chi connectivity index (χ0) is 17.3. The molecule has 0 fully saturated rings. The van der Waals surface area contributed by atoms with E-state index in [9.17, 15) is 21.6 Å². The van der Waals surface area contributed by atoms with Gasteiger partial charge in [0.1, 0.15) is 0 Å². The summed E-state index contributed by atoms with van der Waals surface area (Å²) < 4.78 is 62.5. The van der Waals surface area contributed by atoms with Gasteiger partial charge in [0, 0.05) is 16.7 Å². The predicted octanol–water partition coefficient (Wildman–Crippen LogP) is 3.73. The summed E-state index contributed by atoms with van der Waals surface area (Å²) in [6, 6.07) is 10.1. The van der Waals surface area contributed by atoms with E-state index in [-0.39, 0.29) is 12.2 Å². The Labute approximate surface area is 139 Å². The summed E-state index contributed by atoms with van der Waals surface area (Å²) in [6.07, 6.45) is -4.82. The number of benzene rings is 2. The second-order valence-corrected chi connectivity index (χ2v) is 7.18. The maximum Gasteiger partial charge on any atom is 0.417 e. The summed E-state index contributed by atoms with van der Waals surface area (Å²) >= 11 is 3.30. The van der Waals surface area contributed by atoms with Gasteiger partial charge in [-0.1, -0.05) is 28.1 Å². The fraction of sp³-hybridized carbons (Fsp3) is 0.143. The molecule has 4 nitrogen and oxygen atoms in total. The molecule has 0 aliphatic carbocycles. The molecule has 0 bridgehead atoms. The van der Waals surface area contributed by atoms with Gasteiger partial charge in [0.05, 0.1) is 10.5 Å². The first-order valence-electron chi connectivity index (χ1n) is 6.30. The summed E-state index contributed by atoms with van der Waals surface area (Å²) in [5, 5.41) is 7.66. The SMILES string of the molecule is NS(=O)(=O)c1ccc(NCc2cccc(Br)c2)cc1C(F)(F)F. The van der Waals surface area contributed by atoms with Crippen LogP contribution in [0.25, 0.3) is 0 Å². The monoisotopic (exact) mass is 408 g/mol. The summed E-state index contributed by atoms with van der Waals surface area (Å²) in [4.78, 5) is -0.946. The quantitative estimate of drug-likeness (QED) is 0.809. The number of nitrogens with two attached hydrogens (primary N) is 1. The van der Waals surface area contributed by atoms with Crippen LogP contribution in [0.1, 0.15) is 11.1 Å². The minimum atomic E-state index is -4.82. The summed E-state index contributed by atoms with van der Waals surface area (Å²) in [5.41, 5.74) is -0.299. The smallest absolute Gasteiger partial charge is 0.381 e. The molecule has 0 radical (unpaired) electrons. The highest BCUT2D eigenvalue weighted by Gasteiger charge is 2.36. The van der Waals surface area contributed by atoms with Crippen molar-refractivity contribution in [3.8, 4) is 0 Å². The van der Waals surface area contributed by atoms with Crippen LogP contribution < -0.4 is 10.5 Å². The lowest BCUT2D eigenvalue weighted by atomic mass is 10.1. The molecule has 0 atom stereocenters. The van der Waals surface area contributed by atoms with E-state index in [0.29, 0.717) is 0 Å².